The van der Waals surface area contributed by atoms with E-state index in [1.807, 2.05) is 11.8 Å². The van der Waals surface area contributed by atoms with Crippen molar-refractivity contribution in [2.45, 2.75) is 32.8 Å². The third-order valence-corrected chi connectivity index (χ3v) is 3.07. The van der Waals surface area contributed by atoms with Gasteiger partial charge in [0.1, 0.15) is 0 Å². The molecule has 12 heavy (non-hydrogen) atoms. The first kappa shape index (κ1) is 12.3. The van der Waals surface area contributed by atoms with Crippen LogP contribution in [-0.4, -0.2) is 28.8 Å². The first-order chi connectivity index (χ1) is 5.48. The summed E-state index contributed by atoms with van der Waals surface area (Å²) in [7, 11) is 0. The van der Waals surface area contributed by atoms with Crippen LogP contribution in [-0.2, 0) is 0 Å². The van der Waals surface area contributed by atoms with E-state index in [0.717, 1.165) is 18.1 Å². The number of hydrogen-bond donors (Lipinski definition) is 2. The topological polar surface area (TPSA) is 46.2 Å². The Morgan fingerprint density at radius 2 is 2.08 bits per heavy atom. The van der Waals surface area contributed by atoms with Gasteiger partial charge in [-0.1, -0.05) is 13.8 Å². The number of thioether (sulfide) groups is 1. The predicted molar refractivity (Wildman–Crippen MR) is 56.5 cm³/mol. The summed E-state index contributed by atoms with van der Waals surface area (Å²) in [6.07, 6.45) is 0.793. The molecule has 0 rings (SSSR count). The van der Waals surface area contributed by atoms with Crippen LogP contribution >= 0.6 is 11.8 Å². The molecule has 0 saturated carbocycles. The Morgan fingerprint density at radius 3 is 2.50 bits per heavy atom. The van der Waals surface area contributed by atoms with Crippen LogP contribution in [0.5, 0.6) is 0 Å². The quantitative estimate of drug-likeness (QED) is 0.625. The van der Waals surface area contributed by atoms with Crippen LogP contribution in [0.25, 0.3) is 0 Å². The van der Waals surface area contributed by atoms with Crippen LogP contribution in [0.15, 0.2) is 0 Å². The van der Waals surface area contributed by atoms with Gasteiger partial charge < -0.3 is 10.8 Å². The maximum Gasteiger partial charge on any atom is 0.0749 e. The lowest BCUT2D eigenvalue weighted by atomic mass is 10.1. The summed E-state index contributed by atoms with van der Waals surface area (Å²) in [4.78, 5) is 0. The zero-order valence-electron chi connectivity index (χ0n) is 8.34. The Bertz CT molecular complexity index is 115. The van der Waals surface area contributed by atoms with E-state index < -0.39 is 5.60 Å². The Balaban J connectivity index is 3.31. The molecule has 1 unspecified atom stereocenters. The number of rotatable bonds is 6. The molecular formula is C9H21NOS. The minimum atomic E-state index is -0.663. The van der Waals surface area contributed by atoms with Crippen LogP contribution < -0.4 is 5.73 Å². The van der Waals surface area contributed by atoms with Crippen LogP contribution in [0.2, 0.25) is 0 Å². The highest BCUT2D eigenvalue weighted by molar-refractivity contribution is 7.99. The van der Waals surface area contributed by atoms with E-state index in [4.69, 9.17) is 5.73 Å². The van der Waals surface area contributed by atoms with Crippen LogP contribution in [0.1, 0.15) is 27.2 Å². The molecular weight excluding hydrogens is 170 g/mol. The van der Waals surface area contributed by atoms with Gasteiger partial charge in [-0.2, -0.15) is 11.8 Å². The van der Waals surface area contributed by atoms with Crippen molar-refractivity contribution >= 4 is 11.8 Å². The van der Waals surface area contributed by atoms with Gasteiger partial charge in [-0.3, -0.25) is 0 Å². The summed E-state index contributed by atoms with van der Waals surface area (Å²) in [5.41, 5.74) is 4.73. The molecule has 0 amide bonds. The fourth-order valence-electron chi connectivity index (χ4n) is 0.713. The van der Waals surface area contributed by atoms with Gasteiger partial charge in [-0.15, -0.1) is 0 Å². The van der Waals surface area contributed by atoms with Crippen LogP contribution in [0.4, 0.5) is 0 Å². The van der Waals surface area contributed by atoms with Gasteiger partial charge in [0.15, 0.2) is 0 Å². The molecule has 3 heteroatoms. The molecule has 2 nitrogen and oxygen atoms in total. The van der Waals surface area contributed by atoms with E-state index in [-0.39, 0.29) is 0 Å². The average molecular weight is 191 g/mol. The van der Waals surface area contributed by atoms with Gasteiger partial charge in [-0.25, -0.2) is 0 Å². The molecule has 74 valence electrons. The minimum Gasteiger partial charge on any atom is -0.389 e. The van der Waals surface area contributed by atoms with E-state index in [1.54, 1.807) is 6.92 Å². The minimum absolute atomic E-state index is 0.356. The molecule has 1 atom stereocenters. The Labute approximate surface area is 79.9 Å². The van der Waals surface area contributed by atoms with Gasteiger partial charge in [0.2, 0.25) is 0 Å². The summed E-state index contributed by atoms with van der Waals surface area (Å²) < 4.78 is 0. The number of nitrogens with two attached hydrogens (primary N) is 1. The Kier molecular flexibility index (Phi) is 5.97. The fraction of sp³-hybridized carbons (Fsp3) is 1.00. The summed E-state index contributed by atoms with van der Waals surface area (Å²) in [5.74, 6) is 2.90. The second-order valence-corrected chi connectivity index (χ2v) is 5.07. The zero-order chi connectivity index (χ0) is 9.61. The van der Waals surface area contributed by atoms with Gasteiger partial charge >= 0.3 is 0 Å². The lowest BCUT2D eigenvalue weighted by Gasteiger charge is -2.20. The van der Waals surface area contributed by atoms with Crippen molar-refractivity contribution in [1.82, 2.24) is 0 Å². The van der Waals surface area contributed by atoms with Crippen molar-refractivity contribution < 1.29 is 5.11 Å². The lowest BCUT2D eigenvalue weighted by molar-refractivity contribution is 0.0665. The van der Waals surface area contributed by atoms with E-state index >= 15 is 0 Å². The lowest BCUT2D eigenvalue weighted by Crippen LogP contribution is -2.34. The van der Waals surface area contributed by atoms with Crippen molar-refractivity contribution in [3.05, 3.63) is 0 Å². The highest BCUT2D eigenvalue weighted by Gasteiger charge is 2.16. The van der Waals surface area contributed by atoms with E-state index in [0.29, 0.717) is 6.54 Å². The van der Waals surface area contributed by atoms with Gasteiger partial charge in [-0.05, 0) is 30.8 Å². The van der Waals surface area contributed by atoms with Crippen molar-refractivity contribution in [2.24, 2.45) is 11.7 Å². The Morgan fingerprint density at radius 1 is 1.50 bits per heavy atom. The van der Waals surface area contributed by atoms with Crippen molar-refractivity contribution in [3.8, 4) is 0 Å². The zero-order valence-corrected chi connectivity index (χ0v) is 9.16. The molecule has 0 heterocycles. The molecule has 0 saturated heterocycles. The highest BCUT2D eigenvalue weighted by atomic mass is 32.2. The fourth-order valence-corrected chi connectivity index (χ4v) is 1.94. The van der Waals surface area contributed by atoms with E-state index in [2.05, 4.69) is 13.8 Å². The summed E-state index contributed by atoms with van der Waals surface area (Å²) in [6.45, 7) is 6.56. The third-order valence-electron chi connectivity index (χ3n) is 1.68. The monoisotopic (exact) mass is 191 g/mol. The van der Waals surface area contributed by atoms with E-state index in [9.17, 15) is 5.11 Å². The SMILES string of the molecule is CC(C)CSCCC(C)(O)CN. The first-order valence-corrected chi connectivity index (χ1v) is 5.63. The highest BCUT2D eigenvalue weighted by Crippen LogP contribution is 2.14. The average Bonchev–Trinajstić information content (AvgIpc) is 1.98. The molecule has 0 fully saturated rings. The van der Waals surface area contributed by atoms with Crippen LogP contribution in [0, 0.1) is 5.92 Å². The van der Waals surface area contributed by atoms with Gasteiger partial charge in [0, 0.05) is 6.54 Å². The van der Waals surface area contributed by atoms with Crippen molar-refractivity contribution in [3.63, 3.8) is 0 Å². The van der Waals surface area contributed by atoms with Gasteiger partial charge in [0.25, 0.3) is 0 Å². The molecule has 0 aliphatic heterocycles. The summed E-state index contributed by atoms with van der Waals surface area (Å²) in [6, 6.07) is 0. The standard InChI is InChI=1S/C9H21NOS/c1-8(2)6-12-5-4-9(3,11)7-10/h8,11H,4-7,10H2,1-3H3. The molecule has 0 aromatic carbocycles. The maximum absolute atomic E-state index is 9.55. The number of hydrogen-bond acceptors (Lipinski definition) is 3. The maximum atomic E-state index is 9.55. The smallest absolute Gasteiger partial charge is 0.0749 e. The summed E-state index contributed by atoms with van der Waals surface area (Å²) in [5, 5.41) is 9.55. The molecule has 0 aromatic rings. The second-order valence-electron chi connectivity index (χ2n) is 3.92. The van der Waals surface area contributed by atoms with Crippen molar-refractivity contribution in [2.75, 3.05) is 18.1 Å². The molecule has 0 spiro atoms. The molecule has 0 aromatic heterocycles. The molecule has 0 bridgehead atoms. The van der Waals surface area contributed by atoms with Crippen LogP contribution in [0.3, 0.4) is 0 Å². The number of aliphatic hydroxyl groups is 1. The van der Waals surface area contributed by atoms with Crippen molar-refractivity contribution in [1.29, 1.82) is 0 Å². The largest absolute Gasteiger partial charge is 0.389 e. The second kappa shape index (κ2) is 5.84. The molecule has 0 aliphatic rings. The predicted octanol–water partition coefficient (Wildman–Crippen LogP) is 1.48. The van der Waals surface area contributed by atoms with Gasteiger partial charge in [0.05, 0.1) is 5.60 Å². The molecule has 0 radical (unpaired) electrons. The molecule has 0 aliphatic carbocycles. The third kappa shape index (κ3) is 6.95. The summed E-state index contributed by atoms with van der Waals surface area (Å²) >= 11 is 1.89. The van der Waals surface area contributed by atoms with E-state index in [1.165, 1.54) is 5.75 Å². The first-order valence-electron chi connectivity index (χ1n) is 4.48. The molecule has 3 N–H and O–H groups in total. The normalized spacial score (nSPS) is 16.5. The Hall–Kier alpha value is 0.270.